The van der Waals surface area contributed by atoms with Crippen molar-refractivity contribution in [2.45, 2.75) is 39.0 Å². The number of aryl methyl sites for hydroxylation is 1. The molecule has 1 amide bonds. The van der Waals surface area contributed by atoms with Crippen LogP contribution in [-0.4, -0.2) is 61.4 Å². The first-order valence-corrected chi connectivity index (χ1v) is 7.69. The Morgan fingerprint density at radius 3 is 3.14 bits per heavy atom. The molecule has 7 nitrogen and oxygen atoms in total. The van der Waals surface area contributed by atoms with Gasteiger partial charge in [0.2, 0.25) is 0 Å². The first kappa shape index (κ1) is 16.9. The summed E-state index contributed by atoms with van der Waals surface area (Å²) in [6.45, 7) is 6.68. The molecule has 1 saturated heterocycles. The Balaban J connectivity index is 2.02. The van der Waals surface area contributed by atoms with Crippen molar-refractivity contribution in [3.8, 4) is 0 Å². The molecule has 2 atom stereocenters. The van der Waals surface area contributed by atoms with E-state index in [0.29, 0.717) is 38.7 Å². The van der Waals surface area contributed by atoms with Crippen LogP contribution in [0.4, 0.5) is 0 Å². The van der Waals surface area contributed by atoms with E-state index in [1.165, 1.54) is 0 Å². The second kappa shape index (κ2) is 8.26. The topological polar surface area (TPSA) is 74.6 Å². The largest absolute Gasteiger partial charge is 0.380 e. The van der Waals surface area contributed by atoms with Crippen LogP contribution in [-0.2, 0) is 20.8 Å². The van der Waals surface area contributed by atoms with Crippen LogP contribution in [0.25, 0.3) is 0 Å². The molecule has 2 heterocycles. The number of hydrogen-bond acceptors (Lipinski definition) is 5. The molecule has 1 aliphatic rings. The zero-order chi connectivity index (χ0) is 15.9. The lowest BCUT2D eigenvalue weighted by molar-refractivity contribution is -0.0350. The molecule has 0 aromatic carbocycles. The Bertz CT molecular complexity index is 489. The van der Waals surface area contributed by atoms with Crippen molar-refractivity contribution < 1.29 is 19.0 Å². The maximum absolute atomic E-state index is 12.5. The van der Waals surface area contributed by atoms with Crippen LogP contribution in [0, 0.1) is 6.92 Å². The molecular weight excluding hydrogens is 286 g/mol. The van der Waals surface area contributed by atoms with Gasteiger partial charge in [0, 0.05) is 20.3 Å². The maximum atomic E-state index is 12.5. The third-order valence-electron chi connectivity index (χ3n) is 3.70. The third kappa shape index (κ3) is 4.28. The second-order valence-corrected chi connectivity index (χ2v) is 5.31. The van der Waals surface area contributed by atoms with Crippen molar-refractivity contribution in [1.29, 1.82) is 0 Å². The molecule has 1 N–H and O–H groups in total. The minimum Gasteiger partial charge on any atom is -0.380 e. The van der Waals surface area contributed by atoms with Crippen LogP contribution >= 0.6 is 0 Å². The van der Waals surface area contributed by atoms with Crippen LogP contribution in [0.2, 0.25) is 0 Å². The summed E-state index contributed by atoms with van der Waals surface area (Å²) in [7, 11) is 1.66. The Morgan fingerprint density at radius 2 is 2.41 bits per heavy atom. The van der Waals surface area contributed by atoms with Gasteiger partial charge in [-0.2, -0.15) is 5.10 Å². The zero-order valence-corrected chi connectivity index (χ0v) is 13.5. The molecule has 1 aliphatic heterocycles. The van der Waals surface area contributed by atoms with Gasteiger partial charge in [0.25, 0.3) is 5.91 Å². The molecule has 0 spiro atoms. The fraction of sp³-hybridized carbons (Fsp3) is 0.733. The molecule has 0 radical (unpaired) electrons. The van der Waals surface area contributed by atoms with E-state index in [-0.39, 0.29) is 18.1 Å². The smallest absolute Gasteiger partial charge is 0.269 e. The maximum Gasteiger partial charge on any atom is 0.269 e. The number of methoxy groups -OCH3 is 1. The number of rotatable bonds is 7. The number of carbonyl (C=O) groups excluding carboxylic acids is 1. The molecule has 0 aliphatic carbocycles. The van der Waals surface area contributed by atoms with Crippen LogP contribution < -0.4 is 5.32 Å². The van der Waals surface area contributed by atoms with Gasteiger partial charge in [0.05, 0.1) is 37.6 Å². The molecule has 124 valence electrons. The lowest BCUT2D eigenvalue weighted by Crippen LogP contribution is -2.50. The highest BCUT2D eigenvalue weighted by molar-refractivity contribution is 5.93. The normalized spacial score (nSPS) is 21.8. The monoisotopic (exact) mass is 311 g/mol. The highest BCUT2D eigenvalue weighted by Gasteiger charge is 2.28. The van der Waals surface area contributed by atoms with E-state index < -0.39 is 0 Å². The van der Waals surface area contributed by atoms with Gasteiger partial charge in [0.15, 0.2) is 0 Å². The Hall–Kier alpha value is -1.44. The van der Waals surface area contributed by atoms with Crippen molar-refractivity contribution >= 4 is 5.91 Å². The molecule has 22 heavy (non-hydrogen) atoms. The van der Waals surface area contributed by atoms with Crippen LogP contribution in [0.15, 0.2) is 6.07 Å². The van der Waals surface area contributed by atoms with E-state index in [0.717, 1.165) is 12.1 Å². The number of hydrogen-bond donors (Lipinski definition) is 1. The van der Waals surface area contributed by atoms with Crippen molar-refractivity contribution in [3.63, 3.8) is 0 Å². The molecule has 0 saturated carbocycles. The van der Waals surface area contributed by atoms with E-state index in [1.54, 1.807) is 17.9 Å². The van der Waals surface area contributed by atoms with Crippen molar-refractivity contribution in [3.05, 3.63) is 17.5 Å². The van der Waals surface area contributed by atoms with Gasteiger partial charge in [-0.15, -0.1) is 0 Å². The number of carbonyl (C=O) groups is 1. The first-order valence-electron chi connectivity index (χ1n) is 7.69. The average molecular weight is 311 g/mol. The molecule has 0 bridgehead atoms. The van der Waals surface area contributed by atoms with E-state index in [2.05, 4.69) is 10.4 Å². The zero-order valence-electron chi connectivity index (χ0n) is 13.5. The van der Waals surface area contributed by atoms with E-state index in [1.807, 2.05) is 13.8 Å². The Morgan fingerprint density at radius 1 is 1.59 bits per heavy atom. The number of amides is 1. The van der Waals surface area contributed by atoms with E-state index >= 15 is 0 Å². The molecular formula is C15H25N3O4. The van der Waals surface area contributed by atoms with Crippen LogP contribution in [0.3, 0.4) is 0 Å². The molecule has 7 heteroatoms. The van der Waals surface area contributed by atoms with Gasteiger partial charge in [-0.25, -0.2) is 0 Å². The lowest BCUT2D eigenvalue weighted by Gasteiger charge is -2.31. The predicted octanol–water partition coefficient (Wildman–Crippen LogP) is 0.762. The fourth-order valence-electron chi connectivity index (χ4n) is 2.57. The molecule has 1 aromatic heterocycles. The molecule has 0 unspecified atom stereocenters. The van der Waals surface area contributed by atoms with Gasteiger partial charge in [-0.1, -0.05) is 0 Å². The summed E-state index contributed by atoms with van der Waals surface area (Å²) < 4.78 is 17.9. The fourth-order valence-corrected chi connectivity index (χ4v) is 2.57. The molecule has 2 rings (SSSR count). The van der Waals surface area contributed by atoms with Crippen LogP contribution in [0.1, 0.15) is 29.5 Å². The third-order valence-corrected chi connectivity index (χ3v) is 3.70. The summed E-state index contributed by atoms with van der Waals surface area (Å²) in [6, 6.07) is 1.65. The lowest BCUT2D eigenvalue weighted by atomic mass is 10.1. The summed E-state index contributed by atoms with van der Waals surface area (Å²) in [6.07, 6.45) is 0.767. The van der Waals surface area contributed by atoms with Crippen molar-refractivity contribution in [2.75, 3.05) is 33.5 Å². The minimum absolute atomic E-state index is 0.0152. The van der Waals surface area contributed by atoms with Crippen LogP contribution in [0.5, 0.6) is 0 Å². The van der Waals surface area contributed by atoms with Crippen molar-refractivity contribution in [1.82, 2.24) is 15.1 Å². The summed E-state index contributed by atoms with van der Waals surface area (Å²) in [5.41, 5.74) is 1.35. The van der Waals surface area contributed by atoms with Crippen molar-refractivity contribution in [2.24, 2.45) is 0 Å². The Labute approximate surface area is 130 Å². The SMILES string of the molecule is CCOCCn1nc(C)cc1C(=O)N[C@@H]1COCC[C@H]1OC. The van der Waals surface area contributed by atoms with E-state index in [4.69, 9.17) is 14.2 Å². The van der Waals surface area contributed by atoms with Gasteiger partial charge >= 0.3 is 0 Å². The minimum atomic E-state index is -0.158. The van der Waals surface area contributed by atoms with Gasteiger partial charge in [-0.3, -0.25) is 9.48 Å². The average Bonchev–Trinajstić information content (AvgIpc) is 2.89. The molecule has 1 fully saturated rings. The summed E-state index contributed by atoms with van der Waals surface area (Å²) in [5.74, 6) is -0.158. The summed E-state index contributed by atoms with van der Waals surface area (Å²) in [4.78, 5) is 12.5. The van der Waals surface area contributed by atoms with Gasteiger partial charge in [-0.05, 0) is 26.3 Å². The van der Waals surface area contributed by atoms with Gasteiger partial charge in [0.1, 0.15) is 5.69 Å². The predicted molar refractivity (Wildman–Crippen MR) is 80.9 cm³/mol. The Kier molecular flexibility index (Phi) is 6.35. The van der Waals surface area contributed by atoms with E-state index in [9.17, 15) is 4.79 Å². The second-order valence-electron chi connectivity index (χ2n) is 5.31. The van der Waals surface area contributed by atoms with Gasteiger partial charge < -0.3 is 19.5 Å². The number of aromatic nitrogens is 2. The standard InChI is InChI=1S/C15H25N3O4/c1-4-21-8-6-18-13(9-11(2)17-18)15(19)16-12-10-22-7-5-14(12)20-3/h9,12,14H,4-8,10H2,1-3H3,(H,16,19)/t12-,14-/m1/s1. The summed E-state index contributed by atoms with van der Waals surface area (Å²) in [5, 5.41) is 7.34. The quantitative estimate of drug-likeness (QED) is 0.753. The highest BCUT2D eigenvalue weighted by atomic mass is 16.5. The highest BCUT2D eigenvalue weighted by Crippen LogP contribution is 2.12. The molecule has 1 aromatic rings. The number of nitrogens with zero attached hydrogens (tertiary/aromatic N) is 2. The first-order chi connectivity index (χ1) is 10.7. The number of ether oxygens (including phenoxy) is 3. The summed E-state index contributed by atoms with van der Waals surface area (Å²) >= 11 is 0. The number of nitrogens with one attached hydrogen (secondary N) is 1.